The summed E-state index contributed by atoms with van der Waals surface area (Å²) in [5.41, 5.74) is 3.17. The van der Waals surface area contributed by atoms with Crippen molar-refractivity contribution in [2.24, 2.45) is 0 Å². The molecule has 0 aromatic heterocycles. The number of hydrogen-bond donors (Lipinski definition) is 1. The second-order valence-electron chi connectivity index (χ2n) is 7.78. The lowest BCUT2D eigenvalue weighted by atomic mass is 10.1. The molecule has 0 fully saturated rings. The standard InChI is InChI=1S/C23H30BrN3O4S/c1-6-25-23(29)18(4)26(14-19-9-7-16(2)8-10-19)22(28)15-27(32(5,30)31)20-11-12-21(24)17(3)13-20/h7-13,18H,6,14-15H2,1-5H3,(H,25,29)/t18-/m0/s1. The Labute approximate surface area is 199 Å². The third-order valence-corrected chi connectivity index (χ3v) is 7.13. The Morgan fingerprint density at radius 3 is 2.25 bits per heavy atom. The molecule has 1 atom stereocenters. The summed E-state index contributed by atoms with van der Waals surface area (Å²) in [7, 11) is -3.74. The fraction of sp³-hybridized carbons (Fsp3) is 0.391. The fourth-order valence-corrected chi connectivity index (χ4v) is 4.28. The van der Waals surface area contributed by atoms with E-state index in [1.54, 1.807) is 32.0 Å². The van der Waals surface area contributed by atoms with Gasteiger partial charge in [-0.2, -0.15) is 0 Å². The van der Waals surface area contributed by atoms with Gasteiger partial charge in [-0.05, 0) is 57.0 Å². The smallest absolute Gasteiger partial charge is 0.244 e. The number of carbonyl (C=O) groups excluding carboxylic acids is 2. The summed E-state index contributed by atoms with van der Waals surface area (Å²) in [5.74, 6) is -0.756. The van der Waals surface area contributed by atoms with Crippen molar-refractivity contribution < 1.29 is 18.0 Å². The highest BCUT2D eigenvalue weighted by Gasteiger charge is 2.30. The molecule has 0 spiro atoms. The number of amides is 2. The number of anilines is 1. The number of nitrogens with zero attached hydrogens (tertiary/aromatic N) is 2. The van der Waals surface area contributed by atoms with Crippen LogP contribution in [0.1, 0.15) is 30.5 Å². The van der Waals surface area contributed by atoms with Gasteiger partial charge >= 0.3 is 0 Å². The number of benzene rings is 2. The lowest BCUT2D eigenvalue weighted by Crippen LogP contribution is -2.51. The maximum atomic E-state index is 13.4. The van der Waals surface area contributed by atoms with Crippen LogP contribution in [-0.2, 0) is 26.2 Å². The van der Waals surface area contributed by atoms with E-state index in [9.17, 15) is 18.0 Å². The summed E-state index contributed by atoms with van der Waals surface area (Å²) < 4.78 is 27.0. The van der Waals surface area contributed by atoms with E-state index in [1.165, 1.54) is 4.90 Å². The van der Waals surface area contributed by atoms with Crippen molar-refractivity contribution in [3.8, 4) is 0 Å². The normalized spacial score (nSPS) is 12.2. The van der Waals surface area contributed by atoms with E-state index in [2.05, 4.69) is 21.2 Å². The number of halogens is 1. The number of carbonyl (C=O) groups is 2. The van der Waals surface area contributed by atoms with E-state index in [4.69, 9.17) is 0 Å². The molecule has 0 saturated carbocycles. The zero-order valence-electron chi connectivity index (χ0n) is 19.1. The Hall–Kier alpha value is -2.39. The van der Waals surface area contributed by atoms with Gasteiger partial charge in [0.15, 0.2) is 0 Å². The predicted molar refractivity (Wildman–Crippen MR) is 131 cm³/mol. The zero-order chi connectivity index (χ0) is 24.1. The summed E-state index contributed by atoms with van der Waals surface area (Å²) >= 11 is 3.41. The number of aryl methyl sites for hydroxylation is 2. The average molecular weight is 524 g/mol. The van der Waals surface area contributed by atoms with E-state index in [0.29, 0.717) is 12.2 Å². The molecular weight excluding hydrogens is 494 g/mol. The zero-order valence-corrected chi connectivity index (χ0v) is 21.5. The second kappa shape index (κ2) is 11.0. The monoisotopic (exact) mass is 523 g/mol. The molecule has 9 heteroatoms. The van der Waals surface area contributed by atoms with Crippen LogP contribution in [0.25, 0.3) is 0 Å². The first-order valence-electron chi connectivity index (χ1n) is 10.3. The summed E-state index contributed by atoms with van der Waals surface area (Å²) in [6, 6.07) is 12.0. The number of sulfonamides is 1. The molecule has 7 nitrogen and oxygen atoms in total. The quantitative estimate of drug-likeness (QED) is 0.545. The van der Waals surface area contributed by atoms with E-state index in [-0.39, 0.29) is 12.5 Å². The molecule has 0 radical (unpaired) electrons. The average Bonchev–Trinajstić information content (AvgIpc) is 2.72. The van der Waals surface area contributed by atoms with Crippen LogP contribution < -0.4 is 9.62 Å². The maximum absolute atomic E-state index is 13.4. The number of likely N-dealkylation sites (N-methyl/N-ethyl adjacent to an activating group) is 1. The molecule has 2 aromatic rings. The molecule has 1 N–H and O–H groups in total. The number of rotatable bonds is 9. The maximum Gasteiger partial charge on any atom is 0.244 e. The largest absolute Gasteiger partial charge is 0.355 e. The minimum absolute atomic E-state index is 0.189. The van der Waals surface area contributed by atoms with Crippen LogP contribution in [0.15, 0.2) is 46.9 Å². The SMILES string of the molecule is CCNC(=O)[C@H](C)N(Cc1ccc(C)cc1)C(=O)CN(c1ccc(Br)c(C)c1)S(C)(=O)=O. The summed E-state index contributed by atoms with van der Waals surface area (Å²) in [6.45, 7) is 7.47. The molecule has 0 saturated heterocycles. The Morgan fingerprint density at radius 1 is 1.09 bits per heavy atom. The molecule has 0 unspecified atom stereocenters. The summed E-state index contributed by atoms with van der Waals surface area (Å²) in [5, 5.41) is 2.73. The molecule has 32 heavy (non-hydrogen) atoms. The molecule has 0 heterocycles. The third-order valence-electron chi connectivity index (χ3n) is 5.10. The Morgan fingerprint density at radius 2 is 1.72 bits per heavy atom. The van der Waals surface area contributed by atoms with Gasteiger partial charge in [0.2, 0.25) is 21.8 Å². The van der Waals surface area contributed by atoms with Gasteiger partial charge < -0.3 is 10.2 Å². The summed E-state index contributed by atoms with van der Waals surface area (Å²) in [4.78, 5) is 27.3. The van der Waals surface area contributed by atoms with Gasteiger partial charge in [-0.25, -0.2) is 8.42 Å². The topological polar surface area (TPSA) is 86.8 Å². The predicted octanol–water partition coefficient (Wildman–Crippen LogP) is 3.39. The lowest BCUT2D eigenvalue weighted by Gasteiger charge is -2.31. The van der Waals surface area contributed by atoms with Crippen LogP contribution in [0, 0.1) is 13.8 Å². The number of hydrogen-bond acceptors (Lipinski definition) is 4. The van der Waals surface area contributed by atoms with Gasteiger partial charge in [-0.1, -0.05) is 45.8 Å². The van der Waals surface area contributed by atoms with Gasteiger partial charge in [0.1, 0.15) is 12.6 Å². The summed E-state index contributed by atoms with van der Waals surface area (Å²) in [6.07, 6.45) is 1.06. The van der Waals surface area contributed by atoms with Crippen LogP contribution >= 0.6 is 15.9 Å². The molecule has 174 valence electrons. The van der Waals surface area contributed by atoms with Gasteiger partial charge in [0.25, 0.3) is 0 Å². The first-order chi connectivity index (χ1) is 14.9. The molecule has 2 amide bonds. The number of nitrogens with one attached hydrogen (secondary N) is 1. The highest BCUT2D eigenvalue weighted by molar-refractivity contribution is 9.10. The Bertz CT molecular complexity index is 1070. The van der Waals surface area contributed by atoms with Crippen LogP contribution in [0.2, 0.25) is 0 Å². The van der Waals surface area contributed by atoms with Gasteiger partial charge in [-0.3, -0.25) is 13.9 Å². The molecule has 0 aliphatic carbocycles. The van der Waals surface area contributed by atoms with Crippen LogP contribution in [-0.4, -0.2) is 50.5 Å². The van der Waals surface area contributed by atoms with E-state index < -0.39 is 28.5 Å². The van der Waals surface area contributed by atoms with Crippen molar-refractivity contribution in [3.05, 3.63) is 63.6 Å². The molecular formula is C23H30BrN3O4S. The van der Waals surface area contributed by atoms with Crippen molar-refractivity contribution >= 4 is 43.5 Å². The molecule has 0 aliphatic rings. The molecule has 2 rings (SSSR count). The van der Waals surface area contributed by atoms with Crippen molar-refractivity contribution in [1.82, 2.24) is 10.2 Å². The lowest BCUT2D eigenvalue weighted by molar-refractivity contribution is -0.139. The third kappa shape index (κ3) is 6.80. The highest BCUT2D eigenvalue weighted by Crippen LogP contribution is 2.25. The van der Waals surface area contributed by atoms with Gasteiger partial charge in [0.05, 0.1) is 11.9 Å². The Balaban J connectivity index is 2.39. The first kappa shape index (κ1) is 25.9. The van der Waals surface area contributed by atoms with Crippen molar-refractivity contribution in [1.29, 1.82) is 0 Å². The fourth-order valence-electron chi connectivity index (χ4n) is 3.19. The minimum Gasteiger partial charge on any atom is -0.355 e. The highest BCUT2D eigenvalue weighted by atomic mass is 79.9. The van der Waals surface area contributed by atoms with Crippen LogP contribution in [0.3, 0.4) is 0 Å². The van der Waals surface area contributed by atoms with Crippen molar-refractivity contribution in [3.63, 3.8) is 0 Å². The van der Waals surface area contributed by atoms with Crippen molar-refractivity contribution in [2.75, 3.05) is 23.7 Å². The van der Waals surface area contributed by atoms with E-state index in [1.807, 2.05) is 38.1 Å². The minimum atomic E-state index is -3.74. The molecule has 0 aliphatic heterocycles. The molecule has 2 aromatic carbocycles. The van der Waals surface area contributed by atoms with Crippen molar-refractivity contribution in [2.45, 2.75) is 40.3 Å². The molecule has 0 bridgehead atoms. The van der Waals surface area contributed by atoms with Gasteiger partial charge in [0, 0.05) is 17.6 Å². The first-order valence-corrected chi connectivity index (χ1v) is 12.9. The van der Waals surface area contributed by atoms with E-state index >= 15 is 0 Å². The van der Waals surface area contributed by atoms with Crippen LogP contribution in [0.5, 0.6) is 0 Å². The Kier molecular flexibility index (Phi) is 8.86. The van der Waals surface area contributed by atoms with Crippen LogP contribution in [0.4, 0.5) is 5.69 Å². The van der Waals surface area contributed by atoms with E-state index in [0.717, 1.165) is 31.7 Å². The second-order valence-corrected chi connectivity index (χ2v) is 10.5. The van der Waals surface area contributed by atoms with Gasteiger partial charge in [-0.15, -0.1) is 0 Å².